The van der Waals surface area contributed by atoms with Gasteiger partial charge in [-0.15, -0.1) is 0 Å². The van der Waals surface area contributed by atoms with Crippen molar-refractivity contribution in [2.24, 2.45) is 12.0 Å². The Morgan fingerprint density at radius 2 is 1.85 bits per heavy atom. The van der Waals surface area contributed by atoms with Crippen molar-refractivity contribution < 1.29 is 13.5 Å². The van der Waals surface area contributed by atoms with Crippen LogP contribution >= 0.6 is 0 Å². The fraction of sp³-hybridized carbons (Fsp3) is 0.722. The lowest BCUT2D eigenvalue weighted by molar-refractivity contribution is 0.0306. The molecule has 1 heterocycles. The predicted molar refractivity (Wildman–Crippen MR) is 109 cm³/mol. The molecule has 0 amide bonds. The Balaban J connectivity index is 2.57. The topological polar surface area (TPSA) is 108 Å². The molecule has 0 fully saturated rings. The third-order valence-electron chi connectivity index (χ3n) is 4.13. The third-order valence-corrected chi connectivity index (χ3v) is 5.58. The van der Waals surface area contributed by atoms with Crippen molar-refractivity contribution in [2.45, 2.75) is 57.0 Å². The van der Waals surface area contributed by atoms with Gasteiger partial charge in [-0.3, -0.25) is 4.99 Å². The van der Waals surface area contributed by atoms with Crippen molar-refractivity contribution >= 4 is 16.0 Å². The lowest BCUT2D eigenvalue weighted by atomic mass is 9.93. The van der Waals surface area contributed by atoms with Gasteiger partial charge in [0.05, 0.1) is 17.0 Å². The number of hydrogen-bond donors (Lipinski definition) is 4. The van der Waals surface area contributed by atoms with Gasteiger partial charge in [0.15, 0.2) is 5.96 Å². The van der Waals surface area contributed by atoms with Crippen LogP contribution < -0.4 is 15.4 Å². The van der Waals surface area contributed by atoms with Crippen LogP contribution in [0.5, 0.6) is 0 Å². The maximum atomic E-state index is 12.2. The van der Waals surface area contributed by atoms with Crippen molar-refractivity contribution in [2.75, 3.05) is 26.2 Å². The van der Waals surface area contributed by atoms with Crippen LogP contribution in [0.4, 0.5) is 0 Å². The number of nitrogens with one attached hydrogen (secondary N) is 3. The van der Waals surface area contributed by atoms with E-state index in [4.69, 9.17) is 0 Å². The summed E-state index contributed by atoms with van der Waals surface area (Å²) in [6.45, 7) is 7.67. The van der Waals surface area contributed by atoms with Gasteiger partial charge in [0.1, 0.15) is 0 Å². The van der Waals surface area contributed by atoms with E-state index in [1.165, 1.54) is 0 Å². The van der Waals surface area contributed by atoms with Crippen molar-refractivity contribution in [1.82, 2.24) is 19.9 Å². The molecular formula is C18H35N5O3S. The van der Waals surface area contributed by atoms with E-state index in [2.05, 4.69) is 20.3 Å². The van der Waals surface area contributed by atoms with E-state index in [9.17, 15) is 13.5 Å². The zero-order valence-corrected chi connectivity index (χ0v) is 17.8. The summed E-state index contributed by atoms with van der Waals surface area (Å²) in [6.07, 6.45) is 6.47. The molecule has 1 aromatic rings. The van der Waals surface area contributed by atoms with Gasteiger partial charge in [-0.25, -0.2) is 13.1 Å². The first-order valence-electron chi connectivity index (χ1n) is 9.62. The molecule has 1 rings (SSSR count). The molecule has 4 N–H and O–H groups in total. The van der Waals surface area contributed by atoms with Gasteiger partial charge >= 0.3 is 0 Å². The van der Waals surface area contributed by atoms with Crippen LogP contribution in [0.2, 0.25) is 0 Å². The maximum absolute atomic E-state index is 12.2. The minimum atomic E-state index is -3.51. The molecule has 156 valence electrons. The Labute approximate surface area is 163 Å². The third kappa shape index (κ3) is 8.32. The SMILES string of the molecule is CCCC(O)(CCC)CN=C(NCC)NCCNS(=O)(=O)c1ccn(C)c1. The highest BCUT2D eigenvalue weighted by Crippen LogP contribution is 2.19. The predicted octanol–water partition coefficient (Wildman–Crippen LogP) is 1.19. The van der Waals surface area contributed by atoms with Crippen molar-refractivity contribution in [3.63, 3.8) is 0 Å². The summed E-state index contributed by atoms with van der Waals surface area (Å²) in [5, 5.41) is 16.9. The normalized spacial score (nSPS) is 13.0. The van der Waals surface area contributed by atoms with Crippen LogP contribution in [-0.2, 0) is 17.1 Å². The van der Waals surface area contributed by atoms with E-state index in [1.807, 2.05) is 20.8 Å². The van der Waals surface area contributed by atoms with Gasteiger partial charge in [0.25, 0.3) is 0 Å². The highest BCUT2D eigenvalue weighted by molar-refractivity contribution is 7.89. The van der Waals surface area contributed by atoms with Crippen LogP contribution in [0.3, 0.4) is 0 Å². The number of hydrogen-bond acceptors (Lipinski definition) is 4. The second-order valence-electron chi connectivity index (χ2n) is 6.76. The first-order valence-corrected chi connectivity index (χ1v) is 11.1. The average Bonchev–Trinajstić information content (AvgIpc) is 3.04. The van der Waals surface area contributed by atoms with Crippen molar-refractivity contribution in [1.29, 1.82) is 0 Å². The summed E-state index contributed by atoms with van der Waals surface area (Å²) in [6, 6.07) is 1.56. The molecular weight excluding hydrogens is 366 g/mol. The quantitative estimate of drug-likeness (QED) is 0.239. The smallest absolute Gasteiger partial charge is 0.242 e. The molecule has 1 aromatic heterocycles. The minimum Gasteiger partial charge on any atom is -0.388 e. The van der Waals surface area contributed by atoms with E-state index in [1.54, 1.807) is 30.1 Å². The van der Waals surface area contributed by atoms with E-state index in [0.29, 0.717) is 38.4 Å². The summed E-state index contributed by atoms with van der Waals surface area (Å²) >= 11 is 0. The highest BCUT2D eigenvalue weighted by Gasteiger charge is 2.24. The zero-order chi connectivity index (χ0) is 20.3. The molecule has 0 aliphatic rings. The standard InChI is InChI=1S/C18H35N5O3S/c1-5-9-18(24,10-6-2)15-21-17(19-7-3)20-11-12-22-27(25,26)16-8-13-23(4)14-16/h8,13-14,22,24H,5-7,9-12,15H2,1-4H3,(H2,19,20,21). The molecule has 9 heteroatoms. The molecule has 0 saturated heterocycles. The summed E-state index contributed by atoms with van der Waals surface area (Å²) in [5.74, 6) is 0.571. The molecule has 0 aliphatic carbocycles. The molecule has 0 aliphatic heterocycles. The Hall–Kier alpha value is -1.58. The molecule has 0 unspecified atom stereocenters. The molecule has 0 spiro atoms. The number of aryl methyl sites for hydroxylation is 1. The largest absolute Gasteiger partial charge is 0.388 e. The van der Waals surface area contributed by atoms with Gasteiger partial charge in [0, 0.05) is 39.1 Å². The monoisotopic (exact) mass is 401 g/mol. The lowest BCUT2D eigenvalue weighted by Crippen LogP contribution is -2.43. The molecule has 0 atom stereocenters. The molecule has 8 nitrogen and oxygen atoms in total. The zero-order valence-electron chi connectivity index (χ0n) is 17.0. The number of sulfonamides is 1. The summed E-state index contributed by atoms with van der Waals surface area (Å²) < 4.78 is 28.6. The first kappa shape index (κ1) is 23.5. The summed E-state index contributed by atoms with van der Waals surface area (Å²) in [7, 11) is -1.74. The Kier molecular flexibility index (Phi) is 9.82. The summed E-state index contributed by atoms with van der Waals surface area (Å²) in [4.78, 5) is 4.73. The Bertz CT molecular complexity index is 679. The number of guanidine groups is 1. The first-order chi connectivity index (χ1) is 12.8. The van der Waals surface area contributed by atoms with Gasteiger partial charge < -0.3 is 20.3 Å². The average molecular weight is 402 g/mol. The second-order valence-corrected chi connectivity index (χ2v) is 8.52. The van der Waals surface area contributed by atoms with Gasteiger partial charge in [-0.05, 0) is 25.8 Å². The molecule has 27 heavy (non-hydrogen) atoms. The van der Waals surface area contributed by atoms with Crippen LogP contribution in [-0.4, -0.2) is 55.8 Å². The molecule has 0 bridgehead atoms. The van der Waals surface area contributed by atoms with Crippen LogP contribution in [0, 0.1) is 0 Å². The number of nitrogens with zero attached hydrogens (tertiary/aromatic N) is 2. The lowest BCUT2D eigenvalue weighted by Gasteiger charge is -2.26. The van der Waals surface area contributed by atoms with Crippen LogP contribution in [0.1, 0.15) is 46.5 Å². The van der Waals surface area contributed by atoms with E-state index in [0.717, 1.165) is 12.8 Å². The van der Waals surface area contributed by atoms with E-state index >= 15 is 0 Å². The second kappa shape index (κ2) is 11.3. The Morgan fingerprint density at radius 1 is 1.19 bits per heavy atom. The maximum Gasteiger partial charge on any atom is 0.242 e. The number of aromatic nitrogens is 1. The number of aliphatic imine (C=N–C) groups is 1. The van der Waals surface area contributed by atoms with Crippen LogP contribution in [0.25, 0.3) is 0 Å². The number of rotatable bonds is 12. The van der Waals surface area contributed by atoms with Gasteiger partial charge in [-0.2, -0.15) is 0 Å². The van der Waals surface area contributed by atoms with Crippen LogP contribution in [0.15, 0.2) is 28.3 Å². The molecule has 0 saturated carbocycles. The van der Waals surface area contributed by atoms with Crippen molar-refractivity contribution in [3.8, 4) is 0 Å². The van der Waals surface area contributed by atoms with Gasteiger partial charge in [0.2, 0.25) is 10.0 Å². The highest BCUT2D eigenvalue weighted by atomic mass is 32.2. The molecule has 0 radical (unpaired) electrons. The molecule has 0 aromatic carbocycles. The Morgan fingerprint density at radius 3 is 2.37 bits per heavy atom. The summed E-state index contributed by atoms with van der Waals surface area (Å²) in [5.41, 5.74) is -0.791. The van der Waals surface area contributed by atoms with E-state index in [-0.39, 0.29) is 11.4 Å². The fourth-order valence-electron chi connectivity index (χ4n) is 2.87. The minimum absolute atomic E-state index is 0.232. The number of aliphatic hydroxyl groups is 1. The fourth-order valence-corrected chi connectivity index (χ4v) is 3.95. The van der Waals surface area contributed by atoms with Crippen molar-refractivity contribution in [3.05, 3.63) is 18.5 Å². The van der Waals surface area contributed by atoms with Gasteiger partial charge in [-0.1, -0.05) is 26.7 Å². The van der Waals surface area contributed by atoms with E-state index < -0.39 is 15.6 Å².